The summed E-state index contributed by atoms with van der Waals surface area (Å²) in [6.07, 6.45) is 3.64. The van der Waals surface area contributed by atoms with E-state index in [1.54, 1.807) is 0 Å². The van der Waals surface area contributed by atoms with E-state index < -0.39 is 0 Å². The van der Waals surface area contributed by atoms with Crippen LogP contribution in [-0.2, 0) is 11.2 Å². The van der Waals surface area contributed by atoms with Crippen LogP contribution in [0.5, 0.6) is 0 Å². The van der Waals surface area contributed by atoms with Crippen LogP contribution in [0.15, 0.2) is 17.1 Å². The first-order valence-corrected chi connectivity index (χ1v) is 9.46. The van der Waals surface area contributed by atoms with Crippen molar-refractivity contribution in [3.63, 3.8) is 0 Å². The van der Waals surface area contributed by atoms with E-state index in [-0.39, 0.29) is 29.9 Å². The lowest BCUT2D eigenvalue weighted by molar-refractivity contribution is -0.119. The van der Waals surface area contributed by atoms with Gasteiger partial charge in [0, 0.05) is 38.0 Å². The summed E-state index contributed by atoms with van der Waals surface area (Å²) >= 11 is 4.18. The van der Waals surface area contributed by atoms with Gasteiger partial charge in [-0.25, -0.2) is 0 Å². The molecule has 0 aliphatic carbocycles. The average Bonchev–Trinajstić information content (AvgIpc) is 2.89. The van der Waals surface area contributed by atoms with Gasteiger partial charge in [0.15, 0.2) is 5.96 Å². The third-order valence-corrected chi connectivity index (χ3v) is 5.76. The molecule has 1 atom stereocenters. The van der Waals surface area contributed by atoms with Crippen LogP contribution in [0.4, 0.5) is 0 Å². The summed E-state index contributed by atoms with van der Waals surface area (Å²) in [5, 5.41) is 3.43. The molecule has 0 saturated carbocycles. The van der Waals surface area contributed by atoms with Crippen LogP contribution in [0, 0.1) is 8.80 Å². The molecule has 1 aromatic rings. The maximum absolute atomic E-state index is 11.1. The Bertz CT molecular complexity index is 535. The molecule has 3 N–H and O–H groups in total. The van der Waals surface area contributed by atoms with Gasteiger partial charge in [0.25, 0.3) is 0 Å². The third kappa shape index (κ3) is 7.12. The normalized spacial score (nSPS) is 18.4. The second-order valence-electron chi connectivity index (χ2n) is 5.55. The molecule has 0 radical (unpaired) electrons. The molecule has 8 heteroatoms. The first-order chi connectivity index (χ1) is 10.6. The number of thiophene rings is 1. The molecule has 1 fully saturated rings. The molecule has 0 bridgehead atoms. The number of carbonyl (C=O) groups excluding carboxylic acids is 1. The number of guanidine groups is 1. The molecule has 1 aliphatic rings. The van der Waals surface area contributed by atoms with E-state index in [0.717, 1.165) is 44.9 Å². The predicted octanol–water partition coefficient (Wildman–Crippen LogP) is 2.68. The van der Waals surface area contributed by atoms with Crippen molar-refractivity contribution in [3.8, 4) is 0 Å². The number of nitrogens with two attached hydrogens (primary N) is 1. The molecule has 2 rings (SSSR count). The molecule has 130 valence electrons. The standard InChI is InChI=1S/C15H23IN4OS.HI/c1-18-15(19-7-6-12-4-5-13(16)22-12)20-8-2-3-11(10-20)9-14(17)21;/h4-5,11H,2-3,6-10H2,1H3,(H2,17,21)(H,18,19);1H. The van der Waals surface area contributed by atoms with Crippen LogP contribution in [0.1, 0.15) is 24.1 Å². The molecule has 2 heterocycles. The molecule has 0 aromatic carbocycles. The van der Waals surface area contributed by atoms with Crippen LogP contribution in [0.3, 0.4) is 0 Å². The number of primary amides is 1. The lowest BCUT2D eigenvalue weighted by atomic mass is 9.95. The summed E-state index contributed by atoms with van der Waals surface area (Å²) in [7, 11) is 1.81. The summed E-state index contributed by atoms with van der Waals surface area (Å²) in [5.74, 6) is 1.08. The van der Waals surface area contributed by atoms with Crippen molar-refractivity contribution in [1.82, 2.24) is 10.2 Å². The van der Waals surface area contributed by atoms with Gasteiger partial charge in [-0.1, -0.05) is 0 Å². The topological polar surface area (TPSA) is 70.7 Å². The fraction of sp³-hybridized carbons (Fsp3) is 0.600. The molecule has 5 nitrogen and oxygen atoms in total. The third-order valence-electron chi connectivity index (χ3n) is 3.80. The van der Waals surface area contributed by atoms with E-state index in [1.165, 1.54) is 7.76 Å². The van der Waals surface area contributed by atoms with Gasteiger partial charge in [-0.3, -0.25) is 9.79 Å². The minimum atomic E-state index is -0.206. The van der Waals surface area contributed by atoms with Crippen molar-refractivity contribution >= 4 is 69.8 Å². The van der Waals surface area contributed by atoms with Crippen molar-refractivity contribution in [2.24, 2.45) is 16.6 Å². The summed E-state index contributed by atoms with van der Waals surface area (Å²) < 4.78 is 1.32. The van der Waals surface area contributed by atoms with E-state index in [1.807, 2.05) is 18.4 Å². The van der Waals surface area contributed by atoms with Crippen LogP contribution in [0.2, 0.25) is 0 Å². The minimum Gasteiger partial charge on any atom is -0.370 e. The Kier molecular flexibility index (Phi) is 9.74. The highest BCUT2D eigenvalue weighted by atomic mass is 127. The van der Waals surface area contributed by atoms with E-state index in [0.29, 0.717) is 12.3 Å². The summed E-state index contributed by atoms with van der Waals surface area (Å²) in [4.78, 5) is 19.1. The highest BCUT2D eigenvalue weighted by Crippen LogP contribution is 2.20. The van der Waals surface area contributed by atoms with Crippen LogP contribution in [-0.4, -0.2) is 43.4 Å². The van der Waals surface area contributed by atoms with Crippen molar-refractivity contribution < 1.29 is 4.79 Å². The number of likely N-dealkylation sites (tertiary alicyclic amines) is 1. The predicted molar refractivity (Wildman–Crippen MR) is 116 cm³/mol. The molecule has 1 aliphatic heterocycles. The number of nitrogens with one attached hydrogen (secondary N) is 1. The quantitative estimate of drug-likeness (QED) is 0.330. The van der Waals surface area contributed by atoms with E-state index >= 15 is 0 Å². The molecule has 0 spiro atoms. The SMILES string of the molecule is CN=C(NCCc1ccc(I)s1)N1CCCC(CC(N)=O)C1.I. The molecule has 1 saturated heterocycles. The second kappa shape index (κ2) is 10.7. The van der Waals surface area contributed by atoms with Crippen LogP contribution < -0.4 is 11.1 Å². The maximum atomic E-state index is 11.1. The van der Waals surface area contributed by atoms with Crippen molar-refractivity contribution in [1.29, 1.82) is 0 Å². The number of amides is 1. The van der Waals surface area contributed by atoms with Gasteiger partial charge in [-0.05, 0) is 59.9 Å². The Labute approximate surface area is 172 Å². The van der Waals surface area contributed by atoms with E-state index in [2.05, 4.69) is 49.9 Å². The number of hydrogen-bond donors (Lipinski definition) is 2. The van der Waals surface area contributed by atoms with Crippen molar-refractivity contribution in [3.05, 3.63) is 19.9 Å². The van der Waals surface area contributed by atoms with E-state index in [9.17, 15) is 4.79 Å². The Morgan fingerprint density at radius 3 is 2.96 bits per heavy atom. The van der Waals surface area contributed by atoms with Gasteiger partial charge < -0.3 is 16.0 Å². The summed E-state index contributed by atoms with van der Waals surface area (Å²) in [6.45, 7) is 2.73. The van der Waals surface area contributed by atoms with Gasteiger partial charge >= 0.3 is 0 Å². The van der Waals surface area contributed by atoms with Gasteiger partial charge in [-0.15, -0.1) is 35.3 Å². The largest absolute Gasteiger partial charge is 0.370 e. The zero-order chi connectivity index (χ0) is 15.9. The first-order valence-electron chi connectivity index (χ1n) is 7.56. The number of nitrogens with zero attached hydrogens (tertiary/aromatic N) is 2. The fourth-order valence-electron chi connectivity index (χ4n) is 2.82. The molecular weight excluding hydrogens is 538 g/mol. The smallest absolute Gasteiger partial charge is 0.217 e. The number of rotatable bonds is 5. The van der Waals surface area contributed by atoms with Gasteiger partial charge in [0.05, 0.1) is 2.88 Å². The highest BCUT2D eigenvalue weighted by Gasteiger charge is 2.23. The maximum Gasteiger partial charge on any atom is 0.217 e. The van der Waals surface area contributed by atoms with Crippen molar-refractivity contribution in [2.45, 2.75) is 25.7 Å². The number of aliphatic imine (C=N–C) groups is 1. The van der Waals surface area contributed by atoms with Gasteiger partial charge in [0.1, 0.15) is 0 Å². The summed E-state index contributed by atoms with van der Waals surface area (Å²) in [6, 6.07) is 4.33. The molecular formula is C15H24I2N4OS. The molecule has 1 unspecified atom stereocenters. The Balaban J connectivity index is 0.00000264. The van der Waals surface area contributed by atoms with Crippen LogP contribution >= 0.6 is 57.9 Å². The lowest BCUT2D eigenvalue weighted by Gasteiger charge is -2.34. The fourth-order valence-corrected chi connectivity index (χ4v) is 4.58. The molecule has 1 amide bonds. The zero-order valence-electron chi connectivity index (χ0n) is 13.3. The van der Waals surface area contributed by atoms with Gasteiger partial charge in [-0.2, -0.15) is 0 Å². The number of hydrogen-bond acceptors (Lipinski definition) is 3. The molecule has 1 aromatic heterocycles. The average molecular weight is 562 g/mol. The minimum absolute atomic E-state index is 0. The first kappa shape index (κ1) is 20.9. The number of halogens is 2. The second-order valence-corrected chi connectivity index (χ2v) is 8.62. The zero-order valence-corrected chi connectivity index (χ0v) is 18.6. The van der Waals surface area contributed by atoms with Crippen LogP contribution in [0.25, 0.3) is 0 Å². The Hall–Kier alpha value is -0.100. The lowest BCUT2D eigenvalue weighted by Crippen LogP contribution is -2.47. The van der Waals surface area contributed by atoms with E-state index in [4.69, 9.17) is 5.73 Å². The monoisotopic (exact) mass is 562 g/mol. The number of carbonyl (C=O) groups is 1. The molecule has 23 heavy (non-hydrogen) atoms. The summed E-state index contributed by atoms with van der Waals surface area (Å²) in [5.41, 5.74) is 5.32. The highest BCUT2D eigenvalue weighted by molar-refractivity contribution is 14.1. The number of piperidine rings is 1. The van der Waals surface area contributed by atoms with Crippen molar-refractivity contribution in [2.75, 3.05) is 26.7 Å². The Morgan fingerprint density at radius 2 is 2.35 bits per heavy atom. The Morgan fingerprint density at radius 1 is 1.57 bits per heavy atom. The van der Waals surface area contributed by atoms with Gasteiger partial charge in [0.2, 0.25) is 5.91 Å².